The Morgan fingerprint density at radius 1 is 1.43 bits per heavy atom. The van der Waals surface area contributed by atoms with Gasteiger partial charge in [0.15, 0.2) is 0 Å². The van der Waals surface area contributed by atoms with Crippen molar-refractivity contribution >= 4 is 21.9 Å². The molecule has 1 aliphatic rings. The maximum atomic E-state index is 5.75. The van der Waals surface area contributed by atoms with Crippen molar-refractivity contribution in [2.75, 3.05) is 45.2 Å². The average molecular weight is 359 g/mol. The molecule has 0 aromatic carbocycles. The zero-order chi connectivity index (χ0) is 15.4. The van der Waals surface area contributed by atoms with Crippen LogP contribution in [0, 0.1) is 0 Å². The van der Waals surface area contributed by atoms with E-state index in [0.29, 0.717) is 24.0 Å². The van der Waals surface area contributed by atoms with E-state index < -0.39 is 0 Å². The van der Waals surface area contributed by atoms with E-state index >= 15 is 0 Å². The lowest BCUT2D eigenvalue weighted by atomic mass is 10.2. The summed E-state index contributed by atoms with van der Waals surface area (Å²) in [5.41, 5.74) is 0. The van der Waals surface area contributed by atoms with Crippen molar-refractivity contribution in [2.45, 2.75) is 26.1 Å². The number of aromatic nitrogens is 2. The molecule has 1 aliphatic heterocycles. The molecule has 0 N–H and O–H groups in total. The Balaban J connectivity index is 1.91. The minimum atomic E-state index is 0.295. The summed E-state index contributed by atoms with van der Waals surface area (Å²) in [7, 11) is 3.60. The topological polar surface area (TPSA) is 50.7 Å². The average Bonchev–Trinajstić information content (AvgIpc) is 2.44. The van der Waals surface area contributed by atoms with Crippen molar-refractivity contribution in [1.82, 2.24) is 14.9 Å². The van der Waals surface area contributed by atoms with Crippen LogP contribution in [-0.2, 0) is 4.74 Å². The van der Waals surface area contributed by atoms with Gasteiger partial charge in [-0.1, -0.05) is 0 Å². The fourth-order valence-corrected chi connectivity index (χ4v) is 2.88. The summed E-state index contributed by atoms with van der Waals surface area (Å²) in [5.74, 6) is 1.23. The fraction of sp³-hybridized carbons (Fsp3) is 0.714. The molecule has 2 rings (SSSR count). The number of likely N-dealkylation sites (N-methyl/N-ethyl adjacent to an activating group) is 1. The summed E-state index contributed by atoms with van der Waals surface area (Å²) in [4.78, 5) is 13.2. The highest BCUT2D eigenvalue weighted by molar-refractivity contribution is 9.10. The van der Waals surface area contributed by atoms with Gasteiger partial charge in [-0.15, -0.1) is 0 Å². The first kappa shape index (κ1) is 16.5. The maximum absolute atomic E-state index is 5.75. The lowest BCUT2D eigenvalue weighted by molar-refractivity contribution is -0.0670. The largest absolute Gasteiger partial charge is 0.480 e. The summed E-state index contributed by atoms with van der Waals surface area (Å²) >= 11 is 3.36. The van der Waals surface area contributed by atoms with Gasteiger partial charge in [-0.3, -0.25) is 4.90 Å². The van der Waals surface area contributed by atoms with Crippen LogP contribution in [0.5, 0.6) is 5.88 Å². The van der Waals surface area contributed by atoms with E-state index in [1.165, 1.54) is 0 Å². The Hall–Kier alpha value is -0.920. The Morgan fingerprint density at radius 3 is 2.71 bits per heavy atom. The number of nitrogens with zero attached hydrogens (tertiary/aromatic N) is 4. The van der Waals surface area contributed by atoms with E-state index in [4.69, 9.17) is 9.47 Å². The van der Waals surface area contributed by atoms with Crippen molar-refractivity contribution in [3.05, 3.63) is 10.7 Å². The molecule has 1 aromatic rings. The second-order valence-corrected chi connectivity index (χ2v) is 6.32. The van der Waals surface area contributed by atoms with E-state index in [9.17, 15) is 0 Å². The second-order valence-electron chi connectivity index (χ2n) is 5.47. The van der Waals surface area contributed by atoms with Crippen LogP contribution >= 0.6 is 15.9 Å². The zero-order valence-corrected chi connectivity index (χ0v) is 14.6. The highest BCUT2D eigenvalue weighted by atomic mass is 79.9. The van der Waals surface area contributed by atoms with Gasteiger partial charge in [0, 0.05) is 33.2 Å². The third kappa shape index (κ3) is 4.52. The molecule has 118 valence electrons. The monoisotopic (exact) mass is 358 g/mol. The smallest absolute Gasteiger partial charge is 0.232 e. The molecule has 6 nitrogen and oxygen atoms in total. The van der Waals surface area contributed by atoms with Crippen LogP contribution in [0.25, 0.3) is 0 Å². The number of halogens is 1. The number of ether oxygens (including phenoxy) is 2. The maximum Gasteiger partial charge on any atom is 0.232 e. The Kier molecular flexibility index (Phi) is 5.78. The minimum absolute atomic E-state index is 0.295. The van der Waals surface area contributed by atoms with E-state index in [0.717, 1.165) is 30.7 Å². The van der Waals surface area contributed by atoms with Gasteiger partial charge >= 0.3 is 0 Å². The summed E-state index contributed by atoms with van der Waals surface area (Å²) in [5, 5.41) is 0. The van der Waals surface area contributed by atoms with Crippen molar-refractivity contribution in [2.24, 2.45) is 0 Å². The van der Waals surface area contributed by atoms with Crippen LogP contribution in [0.1, 0.15) is 13.8 Å². The predicted octanol–water partition coefficient (Wildman–Crippen LogP) is 1.79. The molecular formula is C14H23BrN4O2. The molecule has 1 saturated heterocycles. The van der Waals surface area contributed by atoms with Gasteiger partial charge in [-0.05, 0) is 29.8 Å². The number of hydrogen-bond acceptors (Lipinski definition) is 6. The Bertz CT molecular complexity index is 464. The van der Waals surface area contributed by atoms with Crippen molar-refractivity contribution in [1.29, 1.82) is 0 Å². The first-order valence-corrected chi connectivity index (χ1v) is 7.94. The molecular weight excluding hydrogens is 336 g/mol. The Labute approximate surface area is 134 Å². The van der Waals surface area contributed by atoms with Crippen LogP contribution in [0.4, 0.5) is 5.95 Å². The minimum Gasteiger partial charge on any atom is -0.480 e. The second kappa shape index (κ2) is 7.38. The Morgan fingerprint density at radius 2 is 2.10 bits per heavy atom. The van der Waals surface area contributed by atoms with Crippen LogP contribution in [0.3, 0.4) is 0 Å². The molecule has 0 radical (unpaired) electrons. The number of methoxy groups -OCH3 is 1. The first-order chi connectivity index (χ1) is 9.99. The lowest BCUT2D eigenvalue weighted by Crippen LogP contribution is -2.47. The normalized spacial score (nSPS) is 23.1. The van der Waals surface area contributed by atoms with E-state index in [-0.39, 0.29) is 0 Å². The van der Waals surface area contributed by atoms with Crippen LogP contribution in [0.2, 0.25) is 0 Å². The van der Waals surface area contributed by atoms with Gasteiger partial charge in [0.1, 0.15) is 0 Å². The van der Waals surface area contributed by atoms with E-state index in [1.54, 1.807) is 13.3 Å². The van der Waals surface area contributed by atoms with Crippen LogP contribution in [0.15, 0.2) is 10.7 Å². The summed E-state index contributed by atoms with van der Waals surface area (Å²) in [6, 6.07) is 0. The van der Waals surface area contributed by atoms with Gasteiger partial charge in [0.05, 0.1) is 30.0 Å². The lowest BCUT2D eigenvalue weighted by Gasteiger charge is -2.36. The van der Waals surface area contributed by atoms with Gasteiger partial charge in [0.2, 0.25) is 11.8 Å². The van der Waals surface area contributed by atoms with Crippen molar-refractivity contribution < 1.29 is 9.47 Å². The van der Waals surface area contributed by atoms with Crippen molar-refractivity contribution in [3.8, 4) is 5.88 Å². The molecule has 0 spiro atoms. The van der Waals surface area contributed by atoms with E-state index in [2.05, 4.69) is 44.6 Å². The van der Waals surface area contributed by atoms with Gasteiger partial charge < -0.3 is 14.4 Å². The standard InChI is InChI=1S/C14H23BrN4O2/c1-10-8-19(9-11(2)21-10)6-5-18(3)14-16-7-12(15)13(17-14)20-4/h7,10-11H,5-6,8-9H2,1-4H3/t10-,11+. The predicted molar refractivity (Wildman–Crippen MR) is 86.0 cm³/mol. The molecule has 0 saturated carbocycles. The molecule has 7 heteroatoms. The molecule has 0 aliphatic carbocycles. The quantitative estimate of drug-likeness (QED) is 0.799. The highest BCUT2D eigenvalue weighted by Crippen LogP contribution is 2.22. The molecule has 1 aromatic heterocycles. The van der Waals surface area contributed by atoms with Crippen LogP contribution < -0.4 is 9.64 Å². The SMILES string of the molecule is COc1nc(N(C)CCN2C[C@@H](C)O[C@@H](C)C2)ncc1Br. The van der Waals surface area contributed by atoms with Crippen LogP contribution in [-0.4, -0.2) is 67.4 Å². The molecule has 2 atom stereocenters. The zero-order valence-electron chi connectivity index (χ0n) is 13.0. The van der Waals surface area contributed by atoms with Gasteiger partial charge in [-0.25, -0.2) is 4.98 Å². The van der Waals surface area contributed by atoms with E-state index in [1.807, 2.05) is 11.9 Å². The highest BCUT2D eigenvalue weighted by Gasteiger charge is 2.22. The number of morpholine rings is 1. The number of anilines is 1. The third-order valence-corrected chi connectivity index (χ3v) is 4.02. The first-order valence-electron chi connectivity index (χ1n) is 7.15. The van der Waals surface area contributed by atoms with Gasteiger partial charge in [0.25, 0.3) is 0 Å². The molecule has 0 bridgehead atoms. The molecule has 0 amide bonds. The third-order valence-electron chi connectivity index (χ3n) is 3.48. The summed E-state index contributed by atoms with van der Waals surface area (Å²) in [6.45, 7) is 8.02. The summed E-state index contributed by atoms with van der Waals surface area (Å²) in [6.07, 6.45) is 2.31. The number of hydrogen-bond donors (Lipinski definition) is 0. The molecule has 0 unspecified atom stereocenters. The molecule has 21 heavy (non-hydrogen) atoms. The molecule has 2 heterocycles. The van der Waals surface area contributed by atoms with Gasteiger partial charge in [-0.2, -0.15) is 4.98 Å². The fourth-order valence-electron chi connectivity index (χ4n) is 2.53. The summed E-state index contributed by atoms with van der Waals surface area (Å²) < 4.78 is 11.7. The molecule has 1 fully saturated rings. The number of rotatable bonds is 5. The van der Waals surface area contributed by atoms with Crippen molar-refractivity contribution in [3.63, 3.8) is 0 Å².